The largest absolute Gasteiger partial charge is 0.495 e. The van der Waals surface area contributed by atoms with Crippen molar-refractivity contribution in [2.45, 2.75) is 13.3 Å². The molecule has 0 fully saturated rings. The first-order valence-electron chi connectivity index (χ1n) is 4.79. The maximum absolute atomic E-state index is 11.3. The van der Waals surface area contributed by atoms with Gasteiger partial charge in [-0.1, -0.05) is 0 Å². The molecule has 0 aliphatic carbocycles. The Hall–Kier alpha value is -2.09. The molecule has 1 aromatic heterocycles. The van der Waals surface area contributed by atoms with Crippen molar-refractivity contribution in [2.24, 2.45) is 0 Å². The number of aromatic nitrogens is 1. The van der Waals surface area contributed by atoms with E-state index in [0.717, 1.165) is 0 Å². The van der Waals surface area contributed by atoms with Crippen molar-refractivity contribution >= 4 is 5.97 Å². The van der Waals surface area contributed by atoms with Gasteiger partial charge in [-0.05, 0) is 13.0 Å². The van der Waals surface area contributed by atoms with Gasteiger partial charge in [0.2, 0.25) is 0 Å². The number of nitriles is 1. The van der Waals surface area contributed by atoms with Crippen molar-refractivity contribution in [1.82, 2.24) is 4.98 Å². The van der Waals surface area contributed by atoms with Gasteiger partial charge in [-0.25, -0.2) is 4.98 Å². The molecule has 0 aromatic carbocycles. The first-order chi connectivity index (χ1) is 7.71. The lowest BCUT2D eigenvalue weighted by molar-refractivity contribution is -0.142. The molecule has 0 N–H and O–H groups in total. The number of rotatable bonds is 4. The summed E-state index contributed by atoms with van der Waals surface area (Å²) in [5.41, 5.74) is 0.854. The predicted octanol–water partition coefficient (Wildman–Crippen LogP) is 1.07. The van der Waals surface area contributed by atoms with Crippen LogP contribution in [-0.2, 0) is 16.0 Å². The van der Waals surface area contributed by atoms with Crippen LogP contribution in [0.15, 0.2) is 12.3 Å². The van der Waals surface area contributed by atoms with Gasteiger partial charge in [0.05, 0.1) is 26.3 Å². The summed E-state index contributed by atoms with van der Waals surface area (Å²) in [4.78, 5) is 15.1. The maximum Gasteiger partial charge on any atom is 0.310 e. The van der Waals surface area contributed by atoms with Crippen LogP contribution in [0.25, 0.3) is 0 Å². The van der Waals surface area contributed by atoms with Gasteiger partial charge in [0.15, 0.2) is 0 Å². The van der Waals surface area contributed by atoms with Crippen LogP contribution in [0, 0.1) is 11.3 Å². The zero-order chi connectivity index (χ0) is 12.0. The Balaban J connectivity index is 2.92. The van der Waals surface area contributed by atoms with Gasteiger partial charge in [0, 0.05) is 5.56 Å². The predicted molar refractivity (Wildman–Crippen MR) is 55.8 cm³/mol. The second kappa shape index (κ2) is 5.71. The standard InChI is InChI=1S/C11H12N2O3/c1-3-16-11(14)5-8-4-9(6-12)13-7-10(8)15-2/h4,7H,3,5H2,1-2H3. The minimum atomic E-state index is -0.351. The maximum atomic E-state index is 11.3. The third kappa shape index (κ3) is 2.95. The number of carbonyl (C=O) groups is 1. The van der Waals surface area contributed by atoms with Crippen LogP contribution in [0.2, 0.25) is 0 Å². The molecule has 5 heteroatoms. The van der Waals surface area contributed by atoms with Crippen molar-refractivity contribution in [3.63, 3.8) is 0 Å². The summed E-state index contributed by atoms with van der Waals surface area (Å²) in [7, 11) is 1.48. The van der Waals surface area contributed by atoms with Crippen LogP contribution in [0.3, 0.4) is 0 Å². The Bertz CT molecular complexity index is 424. The van der Waals surface area contributed by atoms with Crippen LogP contribution in [0.5, 0.6) is 5.75 Å². The highest BCUT2D eigenvalue weighted by Gasteiger charge is 2.11. The summed E-state index contributed by atoms with van der Waals surface area (Å²) in [5.74, 6) is 0.128. The Morgan fingerprint density at radius 1 is 1.62 bits per heavy atom. The first-order valence-corrected chi connectivity index (χ1v) is 4.79. The van der Waals surface area contributed by atoms with Crippen molar-refractivity contribution in [3.05, 3.63) is 23.5 Å². The zero-order valence-electron chi connectivity index (χ0n) is 9.19. The Morgan fingerprint density at radius 2 is 2.38 bits per heavy atom. The molecule has 16 heavy (non-hydrogen) atoms. The molecule has 0 atom stereocenters. The van der Waals surface area contributed by atoms with Gasteiger partial charge in [-0.2, -0.15) is 5.26 Å². The molecule has 1 rings (SSSR count). The quantitative estimate of drug-likeness (QED) is 0.709. The topological polar surface area (TPSA) is 72.2 Å². The van der Waals surface area contributed by atoms with Crippen LogP contribution < -0.4 is 4.74 Å². The van der Waals surface area contributed by atoms with Gasteiger partial charge >= 0.3 is 5.97 Å². The van der Waals surface area contributed by atoms with Crippen LogP contribution in [-0.4, -0.2) is 24.7 Å². The van der Waals surface area contributed by atoms with E-state index in [1.807, 2.05) is 6.07 Å². The van der Waals surface area contributed by atoms with Crippen molar-refractivity contribution < 1.29 is 14.3 Å². The number of pyridine rings is 1. The smallest absolute Gasteiger partial charge is 0.310 e. The monoisotopic (exact) mass is 220 g/mol. The van der Waals surface area contributed by atoms with Gasteiger partial charge in [-0.3, -0.25) is 4.79 Å². The van der Waals surface area contributed by atoms with Crippen LogP contribution in [0.1, 0.15) is 18.2 Å². The van der Waals surface area contributed by atoms with E-state index in [1.54, 1.807) is 6.92 Å². The number of esters is 1. The third-order valence-corrected chi connectivity index (χ3v) is 1.92. The fourth-order valence-electron chi connectivity index (χ4n) is 1.24. The summed E-state index contributed by atoms with van der Waals surface area (Å²) in [5, 5.41) is 8.69. The minimum absolute atomic E-state index is 0.0776. The number of hydrogen-bond donors (Lipinski definition) is 0. The molecule has 0 radical (unpaired) electrons. The molecule has 0 spiro atoms. The minimum Gasteiger partial charge on any atom is -0.495 e. The average molecular weight is 220 g/mol. The summed E-state index contributed by atoms with van der Waals surface area (Å²) in [6, 6.07) is 3.43. The van der Waals surface area contributed by atoms with E-state index in [1.165, 1.54) is 19.4 Å². The molecule has 0 bridgehead atoms. The lowest BCUT2D eigenvalue weighted by Crippen LogP contribution is -2.09. The molecular weight excluding hydrogens is 208 g/mol. The fraction of sp³-hybridized carbons (Fsp3) is 0.364. The fourth-order valence-corrected chi connectivity index (χ4v) is 1.24. The SMILES string of the molecule is CCOC(=O)Cc1cc(C#N)ncc1OC. The number of nitrogens with zero attached hydrogens (tertiary/aromatic N) is 2. The zero-order valence-corrected chi connectivity index (χ0v) is 9.19. The normalized spacial score (nSPS) is 9.31. The van der Waals surface area contributed by atoms with Crippen molar-refractivity contribution in [1.29, 1.82) is 5.26 Å². The van der Waals surface area contributed by atoms with E-state index >= 15 is 0 Å². The highest BCUT2D eigenvalue weighted by molar-refractivity contribution is 5.73. The van der Waals surface area contributed by atoms with Crippen LogP contribution >= 0.6 is 0 Å². The molecule has 0 unspecified atom stereocenters. The van der Waals surface area contributed by atoms with E-state index in [-0.39, 0.29) is 18.1 Å². The van der Waals surface area contributed by atoms with E-state index < -0.39 is 0 Å². The molecule has 1 heterocycles. The summed E-state index contributed by atoms with van der Waals surface area (Å²) in [6.07, 6.45) is 1.50. The molecule has 84 valence electrons. The number of methoxy groups -OCH3 is 1. The Labute approximate surface area is 93.6 Å². The second-order valence-electron chi connectivity index (χ2n) is 2.97. The van der Waals surface area contributed by atoms with Gasteiger partial charge < -0.3 is 9.47 Å². The molecule has 0 saturated carbocycles. The Kier molecular flexibility index (Phi) is 4.28. The molecule has 0 saturated heterocycles. The molecule has 5 nitrogen and oxygen atoms in total. The number of ether oxygens (including phenoxy) is 2. The second-order valence-corrected chi connectivity index (χ2v) is 2.97. The highest BCUT2D eigenvalue weighted by Crippen LogP contribution is 2.18. The first kappa shape index (κ1) is 12.0. The lowest BCUT2D eigenvalue weighted by atomic mass is 10.1. The molecule has 0 amide bonds. The number of hydrogen-bond acceptors (Lipinski definition) is 5. The van der Waals surface area contributed by atoms with E-state index in [4.69, 9.17) is 14.7 Å². The summed E-state index contributed by atoms with van der Waals surface area (Å²) >= 11 is 0. The van der Waals surface area contributed by atoms with Gasteiger partial charge in [-0.15, -0.1) is 0 Å². The molecule has 1 aromatic rings. The third-order valence-electron chi connectivity index (χ3n) is 1.92. The van der Waals surface area contributed by atoms with Crippen LogP contribution in [0.4, 0.5) is 0 Å². The van der Waals surface area contributed by atoms with Crippen molar-refractivity contribution in [3.8, 4) is 11.8 Å². The molecular formula is C11H12N2O3. The van der Waals surface area contributed by atoms with E-state index in [9.17, 15) is 4.79 Å². The van der Waals surface area contributed by atoms with Gasteiger partial charge in [0.1, 0.15) is 17.5 Å². The van der Waals surface area contributed by atoms with Gasteiger partial charge in [0.25, 0.3) is 0 Å². The highest BCUT2D eigenvalue weighted by atomic mass is 16.5. The summed E-state index contributed by atoms with van der Waals surface area (Å²) < 4.78 is 9.87. The summed E-state index contributed by atoms with van der Waals surface area (Å²) in [6.45, 7) is 2.07. The van der Waals surface area contributed by atoms with Crippen molar-refractivity contribution in [2.75, 3.05) is 13.7 Å². The van der Waals surface area contributed by atoms with E-state index in [0.29, 0.717) is 17.9 Å². The molecule has 0 aliphatic rings. The number of carbonyl (C=O) groups excluding carboxylic acids is 1. The van der Waals surface area contributed by atoms with E-state index in [2.05, 4.69) is 4.98 Å². The lowest BCUT2D eigenvalue weighted by Gasteiger charge is -2.07. The average Bonchev–Trinajstić information content (AvgIpc) is 2.29. The molecule has 0 aliphatic heterocycles. The Morgan fingerprint density at radius 3 is 2.94 bits per heavy atom.